The summed E-state index contributed by atoms with van der Waals surface area (Å²) >= 11 is 0. The highest BCUT2D eigenvalue weighted by Crippen LogP contribution is 2.25. The first-order chi connectivity index (χ1) is 10.3. The number of benzene rings is 1. The summed E-state index contributed by atoms with van der Waals surface area (Å²) in [7, 11) is 1.57. The Morgan fingerprint density at radius 3 is 2.86 bits per heavy atom. The highest BCUT2D eigenvalue weighted by Gasteiger charge is 2.03. The van der Waals surface area contributed by atoms with Crippen molar-refractivity contribution in [3.8, 4) is 11.5 Å². The molecule has 109 valence electrons. The smallest absolute Gasteiger partial charge is 0.319 e. The third kappa shape index (κ3) is 4.68. The maximum atomic E-state index is 11.6. The van der Waals surface area contributed by atoms with Crippen molar-refractivity contribution in [3.05, 3.63) is 48.8 Å². The van der Waals surface area contributed by atoms with E-state index in [-0.39, 0.29) is 6.03 Å². The second kappa shape index (κ2) is 7.74. The van der Waals surface area contributed by atoms with Crippen LogP contribution >= 0.6 is 0 Å². The fourth-order valence-electron chi connectivity index (χ4n) is 1.62. The molecule has 0 unspecified atom stereocenters. The molecule has 1 heterocycles. The predicted octanol–water partition coefficient (Wildman–Crippen LogP) is 2.09. The van der Waals surface area contributed by atoms with Crippen molar-refractivity contribution in [1.29, 1.82) is 0 Å². The molecule has 2 aromatic rings. The van der Waals surface area contributed by atoms with Crippen molar-refractivity contribution < 1.29 is 14.3 Å². The van der Waals surface area contributed by atoms with Gasteiger partial charge in [-0.2, -0.15) is 0 Å². The molecule has 0 aliphatic carbocycles. The van der Waals surface area contributed by atoms with Crippen molar-refractivity contribution in [2.45, 2.75) is 0 Å². The van der Waals surface area contributed by atoms with Gasteiger partial charge in [0, 0.05) is 18.1 Å². The molecule has 1 radical (unpaired) electrons. The molecular weight excluding hydrogens is 270 g/mol. The van der Waals surface area contributed by atoms with Crippen molar-refractivity contribution in [2.75, 3.05) is 25.6 Å². The summed E-state index contributed by atoms with van der Waals surface area (Å²) in [5.41, 5.74) is 0.684. The number of urea groups is 1. The summed E-state index contributed by atoms with van der Waals surface area (Å²) in [6.07, 6.45) is 3.22. The first-order valence-corrected chi connectivity index (χ1v) is 6.41. The normalized spacial score (nSPS) is 9.76. The molecule has 0 fully saturated rings. The summed E-state index contributed by atoms with van der Waals surface area (Å²) < 4.78 is 10.7. The van der Waals surface area contributed by atoms with Crippen LogP contribution in [0.2, 0.25) is 0 Å². The van der Waals surface area contributed by atoms with Gasteiger partial charge in [0.2, 0.25) is 0 Å². The van der Waals surface area contributed by atoms with Gasteiger partial charge in [0.25, 0.3) is 0 Å². The Hall–Kier alpha value is -2.76. The standard InChI is InChI=1S/C15H16N3O3/c1-20-13-4-2-3-5-14(13)21-11-10-17-15(19)18-12-6-8-16-9-7-12/h3-9H,10-11H2,1H3,(H2,16,17,18,19). The second-order valence-corrected chi connectivity index (χ2v) is 4.04. The zero-order valence-corrected chi connectivity index (χ0v) is 11.6. The van der Waals surface area contributed by atoms with Crippen LogP contribution in [-0.4, -0.2) is 31.3 Å². The van der Waals surface area contributed by atoms with Crippen LogP contribution in [0, 0.1) is 6.07 Å². The van der Waals surface area contributed by atoms with Gasteiger partial charge in [-0.15, -0.1) is 0 Å². The van der Waals surface area contributed by atoms with Gasteiger partial charge in [0.1, 0.15) is 6.61 Å². The van der Waals surface area contributed by atoms with Gasteiger partial charge < -0.3 is 20.1 Å². The molecule has 2 rings (SSSR count). The highest BCUT2D eigenvalue weighted by molar-refractivity contribution is 5.88. The van der Waals surface area contributed by atoms with Crippen LogP contribution in [0.5, 0.6) is 11.5 Å². The fourth-order valence-corrected chi connectivity index (χ4v) is 1.62. The van der Waals surface area contributed by atoms with E-state index in [0.29, 0.717) is 30.3 Å². The molecule has 0 saturated heterocycles. The molecule has 6 nitrogen and oxygen atoms in total. The third-order valence-corrected chi connectivity index (χ3v) is 2.59. The molecule has 1 aromatic carbocycles. The first-order valence-electron chi connectivity index (χ1n) is 6.41. The van der Waals surface area contributed by atoms with Gasteiger partial charge in [-0.1, -0.05) is 6.07 Å². The minimum Gasteiger partial charge on any atom is -0.493 e. The maximum absolute atomic E-state index is 11.6. The number of rotatable bonds is 6. The van der Waals surface area contributed by atoms with Gasteiger partial charge in [0.15, 0.2) is 11.5 Å². The lowest BCUT2D eigenvalue weighted by Crippen LogP contribution is -2.32. The predicted molar refractivity (Wildman–Crippen MR) is 78.6 cm³/mol. The third-order valence-electron chi connectivity index (χ3n) is 2.59. The number of carbonyl (C=O) groups excluding carboxylic acids is 1. The molecule has 2 amide bonds. The van der Waals surface area contributed by atoms with E-state index in [2.05, 4.69) is 21.7 Å². The summed E-state index contributed by atoms with van der Waals surface area (Å²) in [5, 5.41) is 5.38. The molecular formula is C15H16N3O3. The summed E-state index contributed by atoms with van der Waals surface area (Å²) in [5.74, 6) is 1.23. The zero-order chi connectivity index (χ0) is 14.9. The molecule has 2 N–H and O–H groups in total. The van der Waals surface area contributed by atoms with Crippen LogP contribution in [0.4, 0.5) is 10.5 Å². The molecule has 21 heavy (non-hydrogen) atoms. The average molecular weight is 286 g/mol. The molecule has 0 saturated carbocycles. The van der Waals surface area contributed by atoms with Crippen LogP contribution in [0.15, 0.2) is 42.7 Å². The van der Waals surface area contributed by atoms with Crippen molar-refractivity contribution in [2.24, 2.45) is 0 Å². The Morgan fingerprint density at radius 2 is 2.10 bits per heavy atom. The Labute approximate surface area is 123 Å². The number of amides is 2. The molecule has 0 aliphatic rings. The molecule has 0 aliphatic heterocycles. The molecule has 0 atom stereocenters. The van der Waals surface area contributed by atoms with E-state index < -0.39 is 0 Å². The van der Waals surface area contributed by atoms with Gasteiger partial charge in [-0.25, -0.2) is 4.79 Å². The second-order valence-electron chi connectivity index (χ2n) is 4.04. The molecule has 0 spiro atoms. The van der Waals surface area contributed by atoms with Gasteiger partial charge in [0.05, 0.1) is 13.7 Å². The Morgan fingerprint density at radius 1 is 1.29 bits per heavy atom. The van der Waals surface area contributed by atoms with Crippen LogP contribution in [-0.2, 0) is 0 Å². The van der Waals surface area contributed by atoms with E-state index >= 15 is 0 Å². The Bertz CT molecular complexity index is 575. The lowest BCUT2D eigenvalue weighted by molar-refractivity contribution is 0.246. The number of aromatic nitrogens is 1. The minimum atomic E-state index is -0.293. The lowest BCUT2D eigenvalue weighted by atomic mass is 10.3. The summed E-state index contributed by atoms with van der Waals surface area (Å²) in [4.78, 5) is 15.5. The molecule has 1 aromatic heterocycles. The van der Waals surface area contributed by atoms with Crippen LogP contribution in [0.25, 0.3) is 0 Å². The fraction of sp³-hybridized carbons (Fsp3) is 0.200. The Balaban J connectivity index is 1.71. The maximum Gasteiger partial charge on any atom is 0.319 e. The number of hydrogen-bond acceptors (Lipinski definition) is 4. The minimum absolute atomic E-state index is 0.293. The van der Waals surface area contributed by atoms with Gasteiger partial charge in [-0.3, -0.25) is 4.98 Å². The van der Waals surface area contributed by atoms with Gasteiger partial charge in [-0.05, 0) is 30.3 Å². The summed E-state index contributed by atoms with van der Waals surface area (Å²) in [6.45, 7) is 0.711. The first kappa shape index (κ1) is 14.6. The van der Waals surface area contributed by atoms with Crippen molar-refractivity contribution >= 4 is 11.7 Å². The molecule has 0 bridgehead atoms. The lowest BCUT2D eigenvalue weighted by Gasteiger charge is -2.11. The van der Waals surface area contributed by atoms with E-state index in [1.54, 1.807) is 49.8 Å². The topological polar surface area (TPSA) is 72.5 Å². The van der Waals surface area contributed by atoms with Crippen LogP contribution in [0.1, 0.15) is 0 Å². The number of nitrogens with zero attached hydrogens (tertiary/aromatic N) is 1. The van der Waals surface area contributed by atoms with E-state index in [1.165, 1.54) is 0 Å². The highest BCUT2D eigenvalue weighted by atomic mass is 16.5. The number of hydrogen-bond donors (Lipinski definition) is 2. The number of anilines is 1. The number of pyridine rings is 1. The largest absolute Gasteiger partial charge is 0.493 e. The van der Waals surface area contributed by atoms with E-state index in [1.807, 2.05) is 0 Å². The van der Waals surface area contributed by atoms with E-state index in [9.17, 15) is 4.79 Å². The number of methoxy groups -OCH3 is 1. The van der Waals surface area contributed by atoms with E-state index in [0.717, 1.165) is 0 Å². The monoisotopic (exact) mass is 286 g/mol. The van der Waals surface area contributed by atoms with Crippen molar-refractivity contribution in [1.82, 2.24) is 10.3 Å². The summed E-state index contributed by atoms with van der Waals surface area (Å²) in [6, 6.07) is 11.2. The number of nitrogens with one attached hydrogen (secondary N) is 2. The molecule has 6 heteroatoms. The van der Waals surface area contributed by atoms with Crippen LogP contribution in [0.3, 0.4) is 0 Å². The number of carbonyl (C=O) groups is 1. The quantitative estimate of drug-likeness (QED) is 0.798. The van der Waals surface area contributed by atoms with Crippen molar-refractivity contribution in [3.63, 3.8) is 0 Å². The zero-order valence-electron chi connectivity index (χ0n) is 11.6. The Kier molecular flexibility index (Phi) is 5.40. The van der Waals surface area contributed by atoms with E-state index in [4.69, 9.17) is 9.47 Å². The van der Waals surface area contributed by atoms with Gasteiger partial charge >= 0.3 is 6.03 Å². The average Bonchev–Trinajstić information content (AvgIpc) is 2.53. The van der Waals surface area contributed by atoms with Crippen LogP contribution < -0.4 is 20.1 Å². The number of ether oxygens (including phenoxy) is 2. The SMILES string of the molecule is COc1c[c]ccc1OCCNC(=O)Nc1ccncc1.